The Hall–Kier alpha value is -1.93. The lowest BCUT2D eigenvalue weighted by molar-refractivity contribution is -0.384. The second-order valence-corrected chi connectivity index (χ2v) is 3.87. The van der Waals surface area contributed by atoms with Crippen LogP contribution in [-0.2, 0) is 4.74 Å². The van der Waals surface area contributed by atoms with Gasteiger partial charge in [-0.2, -0.15) is 0 Å². The van der Waals surface area contributed by atoms with Gasteiger partial charge in [-0.25, -0.2) is 4.98 Å². The zero-order valence-electron chi connectivity index (χ0n) is 10.9. The normalized spacial score (nSPS) is 11.9. The number of aliphatic hydroxyl groups is 1. The summed E-state index contributed by atoms with van der Waals surface area (Å²) in [5, 5.41) is 26.1. The molecule has 0 amide bonds. The molecule has 3 N–H and O–H groups in total. The summed E-state index contributed by atoms with van der Waals surface area (Å²) in [5.74, 6) is 0.751. The molecule has 0 bridgehead atoms. The van der Waals surface area contributed by atoms with Crippen LogP contribution in [-0.4, -0.2) is 47.9 Å². The lowest BCUT2D eigenvalue weighted by atomic mass is 10.3. The number of pyridine rings is 1. The molecule has 0 aromatic carbocycles. The van der Waals surface area contributed by atoms with E-state index in [0.717, 1.165) is 0 Å². The van der Waals surface area contributed by atoms with Gasteiger partial charge in [-0.1, -0.05) is 0 Å². The van der Waals surface area contributed by atoms with Crippen molar-refractivity contribution in [1.29, 1.82) is 0 Å². The molecule has 0 spiro atoms. The molecular weight excluding hydrogens is 252 g/mol. The van der Waals surface area contributed by atoms with E-state index in [1.54, 1.807) is 0 Å². The van der Waals surface area contributed by atoms with Crippen molar-refractivity contribution in [3.63, 3.8) is 0 Å². The Bertz CT molecular complexity index is 427. The summed E-state index contributed by atoms with van der Waals surface area (Å²) >= 11 is 0. The van der Waals surface area contributed by atoms with Crippen LogP contribution in [0.15, 0.2) is 12.1 Å². The monoisotopic (exact) mass is 270 g/mol. The molecule has 0 saturated heterocycles. The van der Waals surface area contributed by atoms with Gasteiger partial charge in [0.1, 0.15) is 11.6 Å². The molecule has 19 heavy (non-hydrogen) atoms. The fourth-order valence-corrected chi connectivity index (χ4v) is 1.46. The number of ether oxygens (including phenoxy) is 1. The van der Waals surface area contributed by atoms with Gasteiger partial charge < -0.3 is 20.5 Å². The van der Waals surface area contributed by atoms with Gasteiger partial charge in [0.05, 0.1) is 29.8 Å². The molecule has 1 rings (SSSR count). The number of rotatable bonds is 8. The van der Waals surface area contributed by atoms with Crippen molar-refractivity contribution in [2.24, 2.45) is 0 Å². The van der Waals surface area contributed by atoms with Gasteiger partial charge in [0.2, 0.25) is 0 Å². The molecule has 1 aromatic rings. The van der Waals surface area contributed by atoms with Gasteiger partial charge in [0.25, 0.3) is 5.69 Å². The molecule has 8 heteroatoms. The van der Waals surface area contributed by atoms with Crippen LogP contribution >= 0.6 is 0 Å². The summed E-state index contributed by atoms with van der Waals surface area (Å²) in [6.07, 6.45) is -0.700. The Kier molecular flexibility index (Phi) is 5.97. The van der Waals surface area contributed by atoms with Crippen molar-refractivity contribution in [3.05, 3.63) is 22.2 Å². The van der Waals surface area contributed by atoms with Crippen molar-refractivity contribution in [3.8, 4) is 0 Å². The third kappa shape index (κ3) is 5.06. The minimum Gasteiger partial charge on any atom is -0.389 e. The molecule has 1 unspecified atom stereocenters. The van der Waals surface area contributed by atoms with Crippen molar-refractivity contribution in [2.75, 3.05) is 37.4 Å². The van der Waals surface area contributed by atoms with Gasteiger partial charge in [0, 0.05) is 20.2 Å². The first-order valence-corrected chi connectivity index (χ1v) is 5.88. The highest BCUT2D eigenvalue weighted by molar-refractivity contribution is 5.54. The standard InChI is InChI=1S/C11H18N4O4/c1-3-12-10-4-8(15(17)18)5-11(14-10)13-6-9(16)7-19-2/h4-5,9,16H,3,6-7H2,1-2H3,(H2,12,13,14). The molecule has 0 fully saturated rings. The Morgan fingerprint density at radius 3 is 2.63 bits per heavy atom. The molecular formula is C11H18N4O4. The fraction of sp³-hybridized carbons (Fsp3) is 0.545. The molecule has 106 valence electrons. The van der Waals surface area contributed by atoms with E-state index < -0.39 is 11.0 Å². The highest BCUT2D eigenvalue weighted by Gasteiger charge is 2.12. The van der Waals surface area contributed by atoms with E-state index in [1.165, 1.54) is 19.2 Å². The Labute approximate surface area is 111 Å². The number of anilines is 2. The highest BCUT2D eigenvalue weighted by Crippen LogP contribution is 2.20. The number of aliphatic hydroxyl groups excluding tert-OH is 1. The maximum absolute atomic E-state index is 10.8. The Morgan fingerprint density at radius 2 is 2.11 bits per heavy atom. The number of nitro groups is 1. The summed E-state index contributed by atoms with van der Waals surface area (Å²) in [5.41, 5.74) is -0.0605. The van der Waals surface area contributed by atoms with Crippen molar-refractivity contribution < 1.29 is 14.8 Å². The van der Waals surface area contributed by atoms with Crippen molar-refractivity contribution >= 4 is 17.3 Å². The number of nitrogens with one attached hydrogen (secondary N) is 2. The largest absolute Gasteiger partial charge is 0.389 e. The summed E-state index contributed by atoms with van der Waals surface area (Å²) in [4.78, 5) is 14.5. The molecule has 0 aliphatic carbocycles. The predicted molar refractivity (Wildman–Crippen MR) is 71.4 cm³/mol. The van der Waals surface area contributed by atoms with Crippen LogP contribution < -0.4 is 10.6 Å². The lowest BCUT2D eigenvalue weighted by Gasteiger charge is -2.12. The number of nitrogens with zero attached hydrogens (tertiary/aromatic N) is 2. The quantitative estimate of drug-likeness (QED) is 0.474. The zero-order chi connectivity index (χ0) is 14.3. The predicted octanol–water partition coefficient (Wildman–Crippen LogP) is 0.841. The van der Waals surface area contributed by atoms with E-state index in [-0.39, 0.29) is 18.8 Å². The number of hydrogen-bond donors (Lipinski definition) is 3. The van der Waals surface area contributed by atoms with Crippen LogP contribution in [0.25, 0.3) is 0 Å². The van der Waals surface area contributed by atoms with Crippen LogP contribution in [0.1, 0.15) is 6.92 Å². The summed E-state index contributed by atoms with van der Waals surface area (Å²) in [6, 6.07) is 2.68. The van der Waals surface area contributed by atoms with E-state index in [4.69, 9.17) is 4.74 Å². The minimum absolute atomic E-state index is 0.0605. The molecule has 1 aromatic heterocycles. The van der Waals surface area contributed by atoms with Gasteiger partial charge in [-0.05, 0) is 6.92 Å². The minimum atomic E-state index is -0.700. The summed E-state index contributed by atoms with van der Waals surface area (Å²) in [6.45, 7) is 2.87. The molecule has 8 nitrogen and oxygen atoms in total. The first-order chi connectivity index (χ1) is 9.06. The summed E-state index contributed by atoms with van der Waals surface area (Å²) in [7, 11) is 1.48. The molecule has 0 saturated carbocycles. The maximum atomic E-state index is 10.8. The Balaban J connectivity index is 2.78. The number of hydrogen-bond acceptors (Lipinski definition) is 7. The lowest BCUT2D eigenvalue weighted by Crippen LogP contribution is -2.24. The second kappa shape index (κ2) is 7.49. The van der Waals surface area contributed by atoms with E-state index in [9.17, 15) is 15.2 Å². The topological polar surface area (TPSA) is 110 Å². The highest BCUT2D eigenvalue weighted by atomic mass is 16.6. The van der Waals surface area contributed by atoms with Gasteiger partial charge in [-0.15, -0.1) is 0 Å². The van der Waals surface area contributed by atoms with E-state index in [2.05, 4.69) is 15.6 Å². The first kappa shape index (κ1) is 15.1. The zero-order valence-corrected chi connectivity index (χ0v) is 10.9. The number of aromatic nitrogens is 1. The van der Waals surface area contributed by atoms with Crippen LogP contribution in [0.5, 0.6) is 0 Å². The SMILES string of the molecule is CCNc1cc([N+](=O)[O-])cc(NCC(O)COC)n1. The smallest absolute Gasteiger partial charge is 0.276 e. The van der Waals surface area contributed by atoms with Crippen molar-refractivity contribution in [1.82, 2.24) is 4.98 Å². The molecule has 1 atom stereocenters. The molecule has 0 aliphatic rings. The average molecular weight is 270 g/mol. The second-order valence-electron chi connectivity index (χ2n) is 3.87. The van der Waals surface area contributed by atoms with Crippen LogP contribution in [0.2, 0.25) is 0 Å². The molecule has 0 radical (unpaired) electrons. The van der Waals surface area contributed by atoms with Crippen LogP contribution in [0, 0.1) is 10.1 Å². The van der Waals surface area contributed by atoms with Crippen molar-refractivity contribution in [2.45, 2.75) is 13.0 Å². The maximum Gasteiger partial charge on any atom is 0.276 e. The number of methoxy groups -OCH3 is 1. The Morgan fingerprint density at radius 1 is 1.47 bits per heavy atom. The fourth-order valence-electron chi connectivity index (χ4n) is 1.46. The average Bonchev–Trinajstić information content (AvgIpc) is 2.37. The van der Waals surface area contributed by atoms with E-state index in [0.29, 0.717) is 18.2 Å². The third-order valence-corrected chi connectivity index (χ3v) is 2.26. The molecule has 1 heterocycles. The van der Waals surface area contributed by atoms with Gasteiger partial charge >= 0.3 is 0 Å². The third-order valence-electron chi connectivity index (χ3n) is 2.26. The van der Waals surface area contributed by atoms with E-state index >= 15 is 0 Å². The van der Waals surface area contributed by atoms with E-state index in [1.807, 2.05) is 6.92 Å². The van der Waals surface area contributed by atoms with Gasteiger partial charge in [-0.3, -0.25) is 10.1 Å². The van der Waals surface area contributed by atoms with Crippen LogP contribution in [0.4, 0.5) is 17.3 Å². The summed E-state index contributed by atoms with van der Waals surface area (Å²) < 4.78 is 4.79. The van der Waals surface area contributed by atoms with Gasteiger partial charge in [0.15, 0.2) is 0 Å². The molecule has 0 aliphatic heterocycles. The first-order valence-electron chi connectivity index (χ1n) is 5.88. The van der Waals surface area contributed by atoms with Crippen LogP contribution in [0.3, 0.4) is 0 Å².